The number of ether oxygens (including phenoxy) is 1. The maximum Gasteiger partial charge on any atom is 0.416 e. The van der Waals surface area contributed by atoms with E-state index < -0.39 is 11.7 Å². The number of hydrogen-bond acceptors (Lipinski definition) is 3. The van der Waals surface area contributed by atoms with Crippen molar-refractivity contribution in [3.8, 4) is 5.75 Å². The predicted octanol–water partition coefficient (Wildman–Crippen LogP) is 5.78. The fourth-order valence-corrected chi connectivity index (χ4v) is 4.34. The summed E-state index contributed by atoms with van der Waals surface area (Å²) in [7, 11) is 1.78. The molecule has 1 amide bonds. The van der Waals surface area contributed by atoms with Crippen LogP contribution < -0.4 is 9.64 Å². The van der Waals surface area contributed by atoms with Crippen molar-refractivity contribution in [3.05, 3.63) is 59.4 Å². The molecule has 0 spiro atoms. The second kappa shape index (κ2) is 8.84. The van der Waals surface area contributed by atoms with E-state index in [0.29, 0.717) is 28.5 Å². The third kappa shape index (κ3) is 4.45. The van der Waals surface area contributed by atoms with E-state index in [2.05, 4.69) is 4.98 Å². The largest absolute Gasteiger partial charge is 0.485 e. The van der Waals surface area contributed by atoms with Gasteiger partial charge < -0.3 is 4.74 Å². The fraction of sp³-hybridized carbons (Fsp3) is 0.417. The van der Waals surface area contributed by atoms with Gasteiger partial charge in [-0.2, -0.15) is 13.2 Å². The average Bonchev–Trinajstić information content (AvgIpc) is 3.13. The maximum atomic E-state index is 13.1. The van der Waals surface area contributed by atoms with Crippen LogP contribution in [0.25, 0.3) is 5.65 Å². The van der Waals surface area contributed by atoms with Crippen molar-refractivity contribution >= 4 is 17.4 Å². The first-order valence-corrected chi connectivity index (χ1v) is 10.8. The molecule has 1 aliphatic carbocycles. The quantitative estimate of drug-likeness (QED) is 0.500. The van der Waals surface area contributed by atoms with Crippen LogP contribution >= 0.6 is 0 Å². The number of benzene rings is 1. The number of halogens is 3. The number of hydrogen-bond donors (Lipinski definition) is 0. The van der Waals surface area contributed by atoms with E-state index >= 15 is 0 Å². The third-order valence-electron chi connectivity index (χ3n) is 6.04. The van der Waals surface area contributed by atoms with E-state index in [0.717, 1.165) is 37.8 Å². The molecular formula is C24H26F3N3O2. The molecule has 0 radical (unpaired) electrons. The lowest BCUT2D eigenvalue weighted by Gasteiger charge is -2.26. The lowest BCUT2D eigenvalue weighted by atomic mass is 9.88. The monoisotopic (exact) mass is 445 g/mol. The van der Waals surface area contributed by atoms with Gasteiger partial charge in [-0.15, -0.1) is 0 Å². The van der Waals surface area contributed by atoms with Gasteiger partial charge in [-0.1, -0.05) is 31.4 Å². The molecule has 1 fully saturated rings. The van der Waals surface area contributed by atoms with Crippen LogP contribution in [0, 0.1) is 12.8 Å². The number of nitrogens with zero attached hydrogens (tertiary/aromatic N) is 3. The van der Waals surface area contributed by atoms with Crippen LogP contribution in [0.1, 0.15) is 48.9 Å². The Morgan fingerprint density at radius 3 is 2.50 bits per heavy atom. The van der Waals surface area contributed by atoms with Crippen molar-refractivity contribution < 1.29 is 22.7 Å². The van der Waals surface area contributed by atoms with E-state index in [1.165, 1.54) is 18.6 Å². The molecule has 0 aliphatic heterocycles. The molecule has 0 unspecified atom stereocenters. The molecule has 1 aliphatic rings. The second-order valence-electron chi connectivity index (χ2n) is 8.30. The number of alkyl halides is 3. The first kappa shape index (κ1) is 22.2. The smallest absolute Gasteiger partial charge is 0.416 e. The molecule has 4 rings (SSSR count). The highest BCUT2D eigenvalue weighted by Gasteiger charge is 2.30. The summed E-state index contributed by atoms with van der Waals surface area (Å²) in [6, 6.07) is 8.46. The van der Waals surface area contributed by atoms with Crippen molar-refractivity contribution in [2.24, 2.45) is 5.92 Å². The summed E-state index contributed by atoms with van der Waals surface area (Å²) < 4.78 is 46.0. The predicted molar refractivity (Wildman–Crippen MR) is 116 cm³/mol. The number of rotatable bonds is 5. The topological polar surface area (TPSA) is 46.8 Å². The zero-order valence-corrected chi connectivity index (χ0v) is 18.2. The summed E-state index contributed by atoms with van der Waals surface area (Å²) in [5, 5.41) is 0. The molecule has 1 aromatic carbocycles. The summed E-state index contributed by atoms with van der Waals surface area (Å²) in [5.41, 5.74) is 1.20. The molecule has 0 bridgehead atoms. The molecule has 170 valence electrons. The van der Waals surface area contributed by atoms with Gasteiger partial charge in [0.25, 0.3) is 0 Å². The van der Waals surface area contributed by atoms with Gasteiger partial charge in [-0.25, -0.2) is 4.98 Å². The zero-order chi connectivity index (χ0) is 22.9. The number of aryl methyl sites for hydroxylation is 1. The molecule has 8 heteroatoms. The lowest BCUT2D eigenvalue weighted by Crippen LogP contribution is -2.35. The number of anilines is 1. The molecule has 0 saturated heterocycles. The van der Waals surface area contributed by atoms with E-state index in [9.17, 15) is 18.0 Å². The molecule has 1 saturated carbocycles. The normalized spacial score (nSPS) is 15.2. The van der Waals surface area contributed by atoms with Crippen molar-refractivity contribution in [2.75, 3.05) is 11.9 Å². The van der Waals surface area contributed by atoms with Crippen LogP contribution in [-0.2, 0) is 17.6 Å². The van der Waals surface area contributed by atoms with Crippen molar-refractivity contribution in [3.63, 3.8) is 0 Å². The first-order chi connectivity index (χ1) is 15.3. The summed E-state index contributed by atoms with van der Waals surface area (Å²) in [6.45, 7) is 1.96. The van der Waals surface area contributed by atoms with E-state index in [-0.39, 0.29) is 18.4 Å². The van der Waals surface area contributed by atoms with Gasteiger partial charge in [0.1, 0.15) is 12.4 Å². The van der Waals surface area contributed by atoms with Gasteiger partial charge in [0.15, 0.2) is 11.4 Å². The summed E-state index contributed by atoms with van der Waals surface area (Å²) in [5.74, 6) is 1.35. The Morgan fingerprint density at radius 1 is 1.16 bits per heavy atom. The van der Waals surface area contributed by atoms with E-state index in [4.69, 9.17) is 4.74 Å². The van der Waals surface area contributed by atoms with Gasteiger partial charge >= 0.3 is 6.18 Å². The van der Waals surface area contributed by atoms with Crippen molar-refractivity contribution in [1.82, 2.24) is 9.38 Å². The SMILES string of the molecule is Cc1nc2c(OCc3ccc(C(F)(F)F)cc3)cccn2c1N(C)C(=O)C1CCCCC1. The van der Waals surface area contributed by atoms with Gasteiger partial charge in [0.05, 0.1) is 11.3 Å². The van der Waals surface area contributed by atoms with Crippen molar-refractivity contribution in [2.45, 2.75) is 51.8 Å². The first-order valence-electron chi connectivity index (χ1n) is 10.8. The zero-order valence-electron chi connectivity index (χ0n) is 18.2. The minimum atomic E-state index is -4.37. The Bertz CT molecular complexity index is 1100. The standard InChI is InChI=1S/C24H26F3N3O2/c1-16-22(29(2)23(31)18-7-4-3-5-8-18)30-14-6-9-20(21(30)28-16)32-15-17-10-12-19(13-11-17)24(25,26)27/h6,9-14,18H,3-5,7-8,15H2,1-2H3. The van der Waals surface area contributed by atoms with Crippen LogP contribution in [0.3, 0.4) is 0 Å². The highest BCUT2D eigenvalue weighted by atomic mass is 19.4. The molecule has 0 N–H and O–H groups in total. The second-order valence-corrected chi connectivity index (χ2v) is 8.30. The number of fused-ring (bicyclic) bond motifs is 1. The number of carbonyl (C=O) groups excluding carboxylic acids is 1. The van der Waals surface area contributed by atoms with Gasteiger partial charge in [0.2, 0.25) is 5.91 Å². The molecular weight excluding hydrogens is 419 g/mol. The Morgan fingerprint density at radius 2 is 1.84 bits per heavy atom. The van der Waals surface area contributed by atoms with Crippen molar-refractivity contribution in [1.29, 1.82) is 0 Å². The lowest BCUT2D eigenvalue weighted by molar-refractivity contribution is -0.137. The molecule has 2 aromatic heterocycles. The average molecular weight is 445 g/mol. The highest BCUT2D eigenvalue weighted by molar-refractivity contribution is 5.95. The minimum Gasteiger partial charge on any atom is -0.485 e. The third-order valence-corrected chi connectivity index (χ3v) is 6.04. The molecule has 3 aromatic rings. The summed E-state index contributed by atoms with van der Waals surface area (Å²) >= 11 is 0. The molecule has 5 nitrogen and oxygen atoms in total. The highest BCUT2D eigenvalue weighted by Crippen LogP contribution is 2.32. The number of aromatic nitrogens is 2. The maximum absolute atomic E-state index is 13.1. The number of pyridine rings is 1. The van der Waals surface area contributed by atoms with Crippen LogP contribution in [0.15, 0.2) is 42.6 Å². The molecule has 0 atom stereocenters. The number of carbonyl (C=O) groups is 1. The van der Waals surface area contributed by atoms with Gasteiger partial charge in [0, 0.05) is 19.2 Å². The minimum absolute atomic E-state index is 0.0396. The number of amides is 1. The molecule has 2 heterocycles. The Balaban J connectivity index is 1.55. The Hall–Kier alpha value is -3.03. The van der Waals surface area contributed by atoms with Crippen LogP contribution in [0.5, 0.6) is 5.75 Å². The number of imidazole rings is 1. The molecule has 32 heavy (non-hydrogen) atoms. The van der Waals surface area contributed by atoms with Crippen LogP contribution in [0.4, 0.5) is 19.0 Å². The Labute approximate surface area is 184 Å². The van der Waals surface area contributed by atoms with Crippen LogP contribution in [-0.4, -0.2) is 22.3 Å². The van der Waals surface area contributed by atoms with E-state index in [1.54, 1.807) is 24.1 Å². The summed E-state index contributed by atoms with van der Waals surface area (Å²) in [6.07, 6.45) is 2.65. The Kier molecular flexibility index (Phi) is 6.13. The summed E-state index contributed by atoms with van der Waals surface area (Å²) in [4.78, 5) is 19.4. The van der Waals surface area contributed by atoms with Gasteiger partial charge in [-0.3, -0.25) is 14.1 Å². The van der Waals surface area contributed by atoms with Gasteiger partial charge in [-0.05, 0) is 49.6 Å². The van der Waals surface area contributed by atoms with E-state index in [1.807, 2.05) is 17.5 Å². The van der Waals surface area contributed by atoms with Crippen LogP contribution in [0.2, 0.25) is 0 Å². The fourth-order valence-electron chi connectivity index (χ4n) is 4.34.